The number of rotatable bonds is 54. The number of aliphatic hydroxyl groups is 1. The third-order valence-electron chi connectivity index (χ3n) is 13.4. The molecule has 0 bridgehead atoms. The fraction of sp³-hybridized carbons (Fsp3) is 0.914. The Morgan fingerprint density at radius 3 is 1.18 bits per heavy atom. The Kier molecular flexibility index (Phi) is 49.2. The number of amides is 1. The molecule has 9 heteroatoms. The van der Waals surface area contributed by atoms with Gasteiger partial charge in [0.15, 0.2) is 0 Å². The smallest absolute Gasteiger partial charge is 0.387 e. The van der Waals surface area contributed by atoms with Crippen LogP contribution in [0.25, 0.3) is 0 Å². The molecule has 3 atom stereocenters. The van der Waals surface area contributed by atoms with E-state index in [9.17, 15) is 19.4 Å². The molecule has 8 nitrogen and oxygen atoms in total. The van der Waals surface area contributed by atoms with Crippen molar-refractivity contribution in [2.45, 2.75) is 302 Å². The zero-order valence-corrected chi connectivity index (χ0v) is 46.3. The first kappa shape index (κ1) is 66.0. The van der Waals surface area contributed by atoms with Crippen molar-refractivity contribution in [3.8, 4) is 0 Å². The number of phosphoric ester groups is 1. The van der Waals surface area contributed by atoms with E-state index in [1.54, 1.807) is 6.08 Å². The number of carbonyl (C=O) groups excluding carboxylic acids is 1. The Bertz CT molecular complexity index is 1140. The zero-order valence-electron chi connectivity index (χ0n) is 45.4. The third kappa shape index (κ3) is 52.6. The second kappa shape index (κ2) is 49.9. The zero-order chi connectivity index (χ0) is 49.2. The van der Waals surface area contributed by atoms with Gasteiger partial charge in [-0.3, -0.25) is 13.8 Å². The maximum Gasteiger partial charge on any atom is 0.472 e. The van der Waals surface area contributed by atoms with E-state index in [4.69, 9.17) is 9.05 Å². The maximum absolute atomic E-state index is 12.9. The van der Waals surface area contributed by atoms with Crippen LogP contribution in [0, 0.1) is 0 Å². The summed E-state index contributed by atoms with van der Waals surface area (Å²) >= 11 is 0. The fourth-order valence-electron chi connectivity index (χ4n) is 8.81. The Labute approximate surface area is 417 Å². The third-order valence-corrected chi connectivity index (χ3v) is 14.4. The highest BCUT2D eigenvalue weighted by Gasteiger charge is 2.27. The van der Waals surface area contributed by atoms with Crippen molar-refractivity contribution in [1.82, 2.24) is 5.32 Å². The van der Waals surface area contributed by atoms with Gasteiger partial charge in [-0.1, -0.05) is 282 Å². The van der Waals surface area contributed by atoms with Crippen LogP contribution in [0.3, 0.4) is 0 Å². The quantitative estimate of drug-likeness (QED) is 0.0243. The minimum Gasteiger partial charge on any atom is -0.387 e. The SMILES string of the molecule is CCCC/C=C/CC/C=C/C(O)C(COP(=O)(O)OCC[N+](C)(C)C)NC(=O)CCCCCCCCCCCCCCCCCCCCCCCCCCCCCCCCCCCCCCC. The van der Waals surface area contributed by atoms with Crippen LogP contribution in [0.15, 0.2) is 24.3 Å². The molecule has 0 radical (unpaired) electrons. The van der Waals surface area contributed by atoms with Crippen LogP contribution in [0.1, 0.15) is 290 Å². The molecule has 0 aromatic heterocycles. The summed E-state index contributed by atoms with van der Waals surface area (Å²) < 4.78 is 23.5. The predicted molar refractivity (Wildman–Crippen MR) is 291 cm³/mol. The summed E-state index contributed by atoms with van der Waals surface area (Å²) in [7, 11) is 1.56. The average molecular weight is 969 g/mol. The molecule has 0 spiro atoms. The summed E-state index contributed by atoms with van der Waals surface area (Å²) in [6.45, 7) is 4.74. The highest BCUT2D eigenvalue weighted by molar-refractivity contribution is 7.47. The van der Waals surface area contributed by atoms with Crippen molar-refractivity contribution in [3.63, 3.8) is 0 Å². The molecular weight excluding hydrogens is 852 g/mol. The number of phosphoric acid groups is 1. The largest absolute Gasteiger partial charge is 0.472 e. The summed E-state index contributed by atoms with van der Waals surface area (Å²) in [5.41, 5.74) is 0. The van der Waals surface area contributed by atoms with Gasteiger partial charge in [0, 0.05) is 6.42 Å². The number of carbonyl (C=O) groups is 1. The highest BCUT2D eigenvalue weighted by atomic mass is 31.2. The van der Waals surface area contributed by atoms with Gasteiger partial charge in [-0.05, 0) is 25.7 Å². The standard InChI is InChI=1S/C58H115N2O6P/c1-6-8-10-12-14-16-17-18-19-20-21-22-23-24-25-26-27-28-29-30-31-32-33-34-35-36-37-38-39-40-41-42-43-44-46-48-50-52-58(62)59-56(55-66-67(63,64)65-54-53-60(3,4)5)57(61)51-49-47-45-15-13-11-9-7-2/h13,15,49,51,56-57,61H,6-12,14,16-48,50,52-55H2,1-5H3,(H-,59,62,63,64)/p+1/b15-13+,51-49+. The summed E-state index contributed by atoms with van der Waals surface area (Å²) in [5, 5.41) is 13.8. The van der Waals surface area contributed by atoms with Crippen molar-refractivity contribution in [3.05, 3.63) is 24.3 Å². The summed E-state index contributed by atoms with van der Waals surface area (Å²) in [6.07, 6.45) is 63.5. The lowest BCUT2D eigenvalue weighted by Crippen LogP contribution is -2.45. The average Bonchev–Trinajstić information content (AvgIpc) is 3.29. The number of unbranched alkanes of at least 4 members (excludes halogenated alkanes) is 39. The van der Waals surface area contributed by atoms with Gasteiger partial charge < -0.3 is 19.8 Å². The van der Waals surface area contributed by atoms with Gasteiger partial charge in [0.1, 0.15) is 13.2 Å². The second-order valence-corrected chi connectivity index (χ2v) is 22.8. The van der Waals surface area contributed by atoms with Crippen LogP contribution in [-0.2, 0) is 18.4 Å². The number of hydrogen-bond acceptors (Lipinski definition) is 5. The van der Waals surface area contributed by atoms with Gasteiger partial charge in [-0.2, -0.15) is 0 Å². The van der Waals surface area contributed by atoms with Crippen molar-refractivity contribution >= 4 is 13.7 Å². The number of likely N-dealkylation sites (N-methyl/N-ethyl adjacent to an activating group) is 1. The Morgan fingerprint density at radius 1 is 0.493 bits per heavy atom. The molecule has 67 heavy (non-hydrogen) atoms. The van der Waals surface area contributed by atoms with Gasteiger partial charge in [-0.15, -0.1) is 0 Å². The van der Waals surface area contributed by atoms with Gasteiger partial charge >= 0.3 is 7.82 Å². The Morgan fingerprint density at radius 2 is 0.821 bits per heavy atom. The first-order valence-electron chi connectivity index (χ1n) is 29.2. The number of allylic oxidation sites excluding steroid dienone is 3. The number of quaternary nitrogens is 1. The van der Waals surface area contributed by atoms with Gasteiger partial charge in [0.25, 0.3) is 0 Å². The molecule has 0 saturated carbocycles. The van der Waals surface area contributed by atoms with E-state index >= 15 is 0 Å². The monoisotopic (exact) mass is 968 g/mol. The summed E-state index contributed by atoms with van der Waals surface area (Å²) in [6, 6.07) is -0.857. The summed E-state index contributed by atoms with van der Waals surface area (Å²) in [4.78, 5) is 23.1. The molecule has 398 valence electrons. The van der Waals surface area contributed by atoms with E-state index in [2.05, 4.69) is 31.3 Å². The van der Waals surface area contributed by atoms with E-state index in [0.29, 0.717) is 17.4 Å². The van der Waals surface area contributed by atoms with Crippen LogP contribution in [0.2, 0.25) is 0 Å². The van der Waals surface area contributed by atoms with E-state index < -0.39 is 20.0 Å². The first-order chi connectivity index (χ1) is 32.5. The first-order valence-corrected chi connectivity index (χ1v) is 30.7. The lowest BCUT2D eigenvalue weighted by Gasteiger charge is -2.25. The fourth-order valence-corrected chi connectivity index (χ4v) is 9.55. The molecule has 3 unspecified atom stereocenters. The summed E-state index contributed by atoms with van der Waals surface area (Å²) in [5.74, 6) is -0.185. The molecule has 0 fully saturated rings. The van der Waals surface area contributed by atoms with E-state index in [0.717, 1.165) is 38.5 Å². The molecule has 0 aliphatic carbocycles. The molecule has 1 amide bonds. The molecule has 3 N–H and O–H groups in total. The van der Waals surface area contributed by atoms with Crippen molar-refractivity contribution < 1.29 is 32.9 Å². The number of hydrogen-bond donors (Lipinski definition) is 3. The van der Waals surface area contributed by atoms with Crippen molar-refractivity contribution in [1.29, 1.82) is 0 Å². The van der Waals surface area contributed by atoms with Gasteiger partial charge in [0.2, 0.25) is 5.91 Å². The molecule has 0 rings (SSSR count). The number of aliphatic hydroxyl groups excluding tert-OH is 1. The molecule has 0 heterocycles. The molecular formula is C58H116N2O6P+. The lowest BCUT2D eigenvalue weighted by molar-refractivity contribution is -0.870. The van der Waals surface area contributed by atoms with Crippen LogP contribution in [0.4, 0.5) is 0 Å². The van der Waals surface area contributed by atoms with Crippen LogP contribution in [0.5, 0.6) is 0 Å². The highest BCUT2D eigenvalue weighted by Crippen LogP contribution is 2.43. The van der Waals surface area contributed by atoms with Crippen molar-refractivity contribution in [2.75, 3.05) is 40.9 Å². The molecule has 0 aliphatic rings. The maximum atomic E-state index is 12.9. The minimum absolute atomic E-state index is 0.0578. The van der Waals surface area contributed by atoms with Gasteiger partial charge in [-0.25, -0.2) is 4.57 Å². The van der Waals surface area contributed by atoms with Crippen LogP contribution >= 0.6 is 7.82 Å². The second-order valence-electron chi connectivity index (χ2n) is 21.4. The van der Waals surface area contributed by atoms with Crippen LogP contribution < -0.4 is 5.32 Å². The molecule has 0 aliphatic heterocycles. The predicted octanol–water partition coefficient (Wildman–Crippen LogP) is 17.6. The Balaban J connectivity index is 3.76. The number of nitrogens with zero attached hydrogens (tertiary/aromatic N) is 1. The van der Waals surface area contributed by atoms with E-state index in [-0.39, 0.29) is 19.1 Å². The molecule has 0 saturated heterocycles. The lowest BCUT2D eigenvalue weighted by atomic mass is 10.0. The minimum atomic E-state index is -4.34. The van der Waals surface area contributed by atoms with E-state index in [1.807, 2.05) is 27.2 Å². The van der Waals surface area contributed by atoms with Crippen molar-refractivity contribution in [2.24, 2.45) is 0 Å². The van der Waals surface area contributed by atoms with Crippen LogP contribution in [-0.4, -0.2) is 73.4 Å². The van der Waals surface area contributed by atoms with Gasteiger partial charge in [0.05, 0.1) is 39.9 Å². The molecule has 0 aromatic carbocycles. The normalized spacial score (nSPS) is 14.1. The number of nitrogens with one attached hydrogen (secondary N) is 1. The van der Waals surface area contributed by atoms with E-state index in [1.165, 1.54) is 231 Å². The Hall–Kier alpha value is -1.02. The molecule has 0 aromatic rings. The topological polar surface area (TPSA) is 105 Å².